The minimum absolute atomic E-state index is 0.136. The highest BCUT2D eigenvalue weighted by molar-refractivity contribution is 5.87. The fraction of sp³-hybridized carbons (Fsp3) is 0.107. The molecule has 5 rings (SSSR count). The molecule has 0 saturated carbocycles. The molecule has 4 heterocycles. The predicted octanol–water partition coefficient (Wildman–Crippen LogP) is 6.07. The molecule has 0 atom stereocenters. The number of aromatic amines is 1. The van der Waals surface area contributed by atoms with Crippen LogP contribution in [0.3, 0.4) is 0 Å². The number of alkyl halides is 3. The Labute approximate surface area is 213 Å². The molecule has 6 nitrogen and oxygen atoms in total. The molecule has 1 N–H and O–H groups in total. The largest absolute Gasteiger partial charge is 0.417 e. The zero-order chi connectivity index (χ0) is 26.9. The fourth-order valence-corrected chi connectivity index (χ4v) is 4.14. The zero-order valence-corrected chi connectivity index (χ0v) is 19.6. The van der Waals surface area contributed by atoms with E-state index in [0.29, 0.717) is 23.0 Å². The SMILES string of the molecule is N#Cc1cc(-c2cc3cc(-c4ccc(CC(=O)Cc5cncc(C(F)(F)F)c5)cc4F)cnc3[nH]2)ccn1. The van der Waals surface area contributed by atoms with Crippen LogP contribution in [-0.4, -0.2) is 25.7 Å². The van der Waals surface area contributed by atoms with Crippen LogP contribution >= 0.6 is 0 Å². The van der Waals surface area contributed by atoms with Crippen molar-refractivity contribution in [3.63, 3.8) is 0 Å². The number of H-pyrrole nitrogens is 1. The average molecular weight is 515 g/mol. The summed E-state index contributed by atoms with van der Waals surface area (Å²) in [7, 11) is 0. The summed E-state index contributed by atoms with van der Waals surface area (Å²) < 4.78 is 53.7. The van der Waals surface area contributed by atoms with Gasteiger partial charge in [0.15, 0.2) is 0 Å². The van der Waals surface area contributed by atoms with Crippen LogP contribution in [0.15, 0.2) is 73.3 Å². The highest BCUT2D eigenvalue weighted by atomic mass is 19.4. The van der Waals surface area contributed by atoms with Gasteiger partial charge in [0.2, 0.25) is 0 Å². The van der Waals surface area contributed by atoms with Gasteiger partial charge in [-0.2, -0.15) is 18.4 Å². The highest BCUT2D eigenvalue weighted by Gasteiger charge is 2.31. The van der Waals surface area contributed by atoms with Gasteiger partial charge in [0.25, 0.3) is 0 Å². The Morgan fingerprint density at radius 1 is 0.921 bits per heavy atom. The van der Waals surface area contributed by atoms with E-state index in [1.165, 1.54) is 24.7 Å². The molecular weight excluding hydrogens is 498 g/mol. The van der Waals surface area contributed by atoms with E-state index in [2.05, 4.69) is 19.9 Å². The number of fused-ring (bicyclic) bond motifs is 1. The van der Waals surface area contributed by atoms with Crippen molar-refractivity contribution in [2.75, 3.05) is 0 Å². The molecule has 0 bridgehead atoms. The summed E-state index contributed by atoms with van der Waals surface area (Å²) in [5.41, 5.74) is 2.80. The lowest BCUT2D eigenvalue weighted by Crippen LogP contribution is -2.10. The van der Waals surface area contributed by atoms with Crippen molar-refractivity contribution in [1.82, 2.24) is 19.9 Å². The van der Waals surface area contributed by atoms with Gasteiger partial charge >= 0.3 is 6.18 Å². The molecule has 0 unspecified atom stereocenters. The molecule has 0 radical (unpaired) electrons. The van der Waals surface area contributed by atoms with Crippen LogP contribution in [0.25, 0.3) is 33.4 Å². The number of hydrogen-bond acceptors (Lipinski definition) is 5. The number of Topliss-reactive ketones (excluding diaryl/α,β-unsaturated/α-hetero) is 1. The average Bonchev–Trinajstić information content (AvgIpc) is 3.32. The van der Waals surface area contributed by atoms with E-state index in [4.69, 9.17) is 5.26 Å². The number of carbonyl (C=O) groups excluding carboxylic acids is 1. The van der Waals surface area contributed by atoms with Crippen molar-refractivity contribution in [1.29, 1.82) is 5.26 Å². The predicted molar refractivity (Wildman–Crippen MR) is 131 cm³/mol. The van der Waals surface area contributed by atoms with Crippen molar-refractivity contribution in [3.05, 3.63) is 102 Å². The lowest BCUT2D eigenvalue weighted by atomic mass is 9.99. The third-order valence-corrected chi connectivity index (χ3v) is 5.92. The number of pyridine rings is 3. The van der Waals surface area contributed by atoms with Gasteiger partial charge in [-0.25, -0.2) is 14.4 Å². The van der Waals surface area contributed by atoms with Crippen LogP contribution in [0.1, 0.15) is 22.4 Å². The summed E-state index contributed by atoms with van der Waals surface area (Å²) in [6.07, 6.45) is 0.0449. The number of halogens is 4. The van der Waals surface area contributed by atoms with E-state index in [0.717, 1.165) is 22.7 Å². The topological polar surface area (TPSA) is 95.3 Å². The van der Waals surface area contributed by atoms with Gasteiger partial charge in [-0.15, -0.1) is 0 Å². The summed E-state index contributed by atoms with van der Waals surface area (Å²) in [4.78, 5) is 27.5. The Kier molecular flexibility index (Phi) is 6.43. The van der Waals surface area contributed by atoms with Crippen molar-refractivity contribution < 1.29 is 22.4 Å². The van der Waals surface area contributed by atoms with Crippen LogP contribution in [0.5, 0.6) is 0 Å². The summed E-state index contributed by atoms with van der Waals surface area (Å²) in [6.45, 7) is 0. The lowest BCUT2D eigenvalue weighted by molar-refractivity contribution is -0.138. The van der Waals surface area contributed by atoms with Crippen LogP contribution in [0, 0.1) is 17.1 Å². The molecule has 0 fully saturated rings. The molecule has 0 aliphatic carbocycles. The van der Waals surface area contributed by atoms with E-state index >= 15 is 4.39 Å². The molecular formula is C28H17F4N5O. The first-order valence-electron chi connectivity index (χ1n) is 11.4. The number of carbonyl (C=O) groups is 1. The molecule has 0 spiro atoms. The Morgan fingerprint density at radius 3 is 2.50 bits per heavy atom. The number of nitrogens with zero attached hydrogens (tertiary/aromatic N) is 4. The van der Waals surface area contributed by atoms with Crippen LogP contribution in [0.2, 0.25) is 0 Å². The van der Waals surface area contributed by atoms with Gasteiger partial charge < -0.3 is 4.98 Å². The minimum atomic E-state index is -4.55. The van der Waals surface area contributed by atoms with Crippen molar-refractivity contribution >= 4 is 16.8 Å². The van der Waals surface area contributed by atoms with E-state index in [-0.39, 0.29) is 35.4 Å². The number of hydrogen-bond donors (Lipinski definition) is 1. The third-order valence-electron chi connectivity index (χ3n) is 5.92. The van der Waals surface area contributed by atoms with Gasteiger partial charge in [-0.05, 0) is 47.5 Å². The van der Waals surface area contributed by atoms with Gasteiger partial charge in [0, 0.05) is 65.4 Å². The lowest BCUT2D eigenvalue weighted by Gasteiger charge is -2.09. The standard InChI is InChI=1S/C28H17F4N5O/c29-25-8-16(6-23(38)7-17-5-21(15-34-13-17)28(30,31)32)1-2-24(25)20-9-19-11-26(37-27(19)36-14-20)18-3-4-35-22(10-18)12-33/h1-5,8-11,13-15H,6-7H2,(H,36,37). The van der Waals surface area contributed by atoms with Crippen LogP contribution in [0.4, 0.5) is 17.6 Å². The van der Waals surface area contributed by atoms with Crippen molar-refractivity contribution in [3.8, 4) is 28.5 Å². The van der Waals surface area contributed by atoms with E-state index in [9.17, 15) is 18.0 Å². The summed E-state index contributed by atoms with van der Waals surface area (Å²) in [6, 6.07) is 14.3. The molecule has 0 amide bonds. The van der Waals surface area contributed by atoms with E-state index in [1.807, 2.05) is 12.1 Å². The van der Waals surface area contributed by atoms with Crippen molar-refractivity contribution in [2.24, 2.45) is 0 Å². The monoisotopic (exact) mass is 515 g/mol. The number of nitrogens with one attached hydrogen (secondary N) is 1. The van der Waals surface area contributed by atoms with Crippen LogP contribution in [-0.2, 0) is 23.8 Å². The Morgan fingerprint density at radius 2 is 1.74 bits per heavy atom. The molecule has 188 valence electrons. The number of rotatable bonds is 6. The van der Waals surface area contributed by atoms with Gasteiger partial charge in [0.1, 0.15) is 29.0 Å². The summed E-state index contributed by atoms with van der Waals surface area (Å²) >= 11 is 0. The van der Waals surface area contributed by atoms with E-state index < -0.39 is 17.6 Å². The molecule has 0 aliphatic rings. The molecule has 0 saturated heterocycles. The molecule has 38 heavy (non-hydrogen) atoms. The third kappa shape index (κ3) is 5.27. The zero-order valence-electron chi connectivity index (χ0n) is 19.6. The highest BCUT2D eigenvalue weighted by Crippen LogP contribution is 2.30. The second kappa shape index (κ2) is 9.86. The normalized spacial score (nSPS) is 11.4. The van der Waals surface area contributed by atoms with Crippen LogP contribution < -0.4 is 0 Å². The van der Waals surface area contributed by atoms with E-state index in [1.54, 1.807) is 30.3 Å². The maximum Gasteiger partial charge on any atom is 0.417 e. The second-order valence-electron chi connectivity index (χ2n) is 8.67. The number of benzene rings is 1. The maximum absolute atomic E-state index is 15.0. The van der Waals surface area contributed by atoms with Gasteiger partial charge in [0.05, 0.1) is 5.56 Å². The number of aromatic nitrogens is 4. The quantitative estimate of drug-likeness (QED) is 0.277. The molecule has 0 aliphatic heterocycles. The Hall–Kier alpha value is -4.91. The first-order valence-corrected chi connectivity index (χ1v) is 11.4. The molecule has 1 aromatic carbocycles. The first kappa shape index (κ1) is 24.8. The number of nitriles is 1. The van der Waals surface area contributed by atoms with Crippen molar-refractivity contribution in [2.45, 2.75) is 19.0 Å². The Balaban J connectivity index is 1.33. The molecule has 4 aromatic heterocycles. The van der Waals surface area contributed by atoms with Gasteiger partial charge in [-0.3, -0.25) is 9.78 Å². The van der Waals surface area contributed by atoms with Gasteiger partial charge in [-0.1, -0.05) is 12.1 Å². The minimum Gasteiger partial charge on any atom is -0.339 e. The molecule has 10 heteroatoms. The molecule has 5 aromatic rings. The summed E-state index contributed by atoms with van der Waals surface area (Å²) in [5, 5.41) is 9.82. The maximum atomic E-state index is 15.0. The fourth-order valence-electron chi connectivity index (χ4n) is 4.14. The summed E-state index contributed by atoms with van der Waals surface area (Å²) in [5.74, 6) is -0.919. The number of ketones is 1. The second-order valence-corrected chi connectivity index (χ2v) is 8.67. The Bertz CT molecular complexity index is 1720. The smallest absolute Gasteiger partial charge is 0.339 e. The first-order chi connectivity index (χ1) is 18.2.